The maximum Gasteiger partial charge on any atom is 0.323 e. The summed E-state index contributed by atoms with van der Waals surface area (Å²) >= 11 is 0. The minimum absolute atomic E-state index is 0.176. The van der Waals surface area contributed by atoms with E-state index in [1.165, 1.54) is 12.8 Å². The molecule has 1 aromatic heterocycles. The van der Waals surface area contributed by atoms with Crippen molar-refractivity contribution in [1.29, 1.82) is 0 Å². The summed E-state index contributed by atoms with van der Waals surface area (Å²) in [5.74, 6) is 1.34. The van der Waals surface area contributed by atoms with Gasteiger partial charge in [-0.15, -0.1) is 0 Å². The lowest BCUT2D eigenvalue weighted by atomic mass is 10.1. The van der Waals surface area contributed by atoms with Crippen molar-refractivity contribution in [3.05, 3.63) is 0 Å². The number of ether oxygens (including phenoxy) is 2. The normalized spacial score (nSPS) is 25.6. The molecule has 0 amide bonds. The fourth-order valence-electron chi connectivity index (χ4n) is 2.52. The highest BCUT2D eigenvalue weighted by molar-refractivity contribution is 5.34. The first kappa shape index (κ1) is 13.4. The smallest absolute Gasteiger partial charge is 0.323 e. The van der Waals surface area contributed by atoms with Crippen LogP contribution in [0, 0.1) is 5.92 Å². The van der Waals surface area contributed by atoms with E-state index in [0.29, 0.717) is 18.5 Å². The van der Waals surface area contributed by atoms with Gasteiger partial charge in [-0.1, -0.05) is 6.92 Å². The maximum absolute atomic E-state index is 5.79. The Hall–Kier alpha value is -1.63. The molecule has 0 radical (unpaired) electrons. The van der Waals surface area contributed by atoms with Crippen molar-refractivity contribution >= 4 is 11.9 Å². The molecule has 0 aromatic carbocycles. The Morgan fingerprint density at radius 3 is 2.90 bits per heavy atom. The van der Waals surface area contributed by atoms with Gasteiger partial charge in [-0.05, 0) is 31.6 Å². The van der Waals surface area contributed by atoms with E-state index in [1.807, 2.05) is 6.92 Å². The lowest BCUT2D eigenvalue weighted by molar-refractivity contribution is 0.0897. The van der Waals surface area contributed by atoms with Crippen LogP contribution in [-0.2, 0) is 4.74 Å². The molecule has 7 nitrogen and oxygen atoms in total. The lowest BCUT2D eigenvalue weighted by Crippen LogP contribution is -2.31. The summed E-state index contributed by atoms with van der Waals surface area (Å²) in [6, 6.07) is 0.534. The van der Waals surface area contributed by atoms with Gasteiger partial charge in [0.15, 0.2) is 0 Å². The molecule has 3 rings (SSSR count). The summed E-state index contributed by atoms with van der Waals surface area (Å²) in [7, 11) is 0. The number of hydrogen-bond acceptors (Lipinski definition) is 7. The lowest BCUT2D eigenvalue weighted by Gasteiger charge is -2.19. The number of nitrogens with zero attached hydrogens (tertiary/aromatic N) is 3. The summed E-state index contributed by atoms with van der Waals surface area (Å²) in [5, 5.41) is 3.32. The van der Waals surface area contributed by atoms with E-state index < -0.39 is 0 Å². The molecule has 0 bridgehead atoms. The first-order chi connectivity index (χ1) is 9.76. The molecule has 1 aliphatic heterocycles. The summed E-state index contributed by atoms with van der Waals surface area (Å²) in [6.45, 7) is 3.39. The Morgan fingerprint density at radius 1 is 1.30 bits per heavy atom. The maximum atomic E-state index is 5.79. The Balaban J connectivity index is 1.68. The average Bonchev–Trinajstić information content (AvgIpc) is 3.17. The van der Waals surface area contributed by atoms with Crippen LogP contribution in [0.15, 0.2) is 0 Å². The number of nitrogens with one attached hydrogen (secondary N) is 1. The minimum atomic E-state index is 0.176. The molecule has 1 aliphatic carbocycles. The van der Waals surface area contributed by atoms with E-state index >= 15 is 0 Å². The van der Waals surface area contributed by atoms with Crippen molar-refractivity contribution in [1.82, 2.24) is 15.0 Å². The predicted octanol–water partition coefficient (Wildman–Crippen LogP) is 1.22. The van der Waals surface area contributed by atoms with Crippen LogP contribution in [0.4, 0.5) is 11.9 Å². The second-order valence-corrected chi connectivity index (χ2v) is 5.36. The number of anilines is 2. The predicted molar refractivity (Wildman–Crippen MR) is 74.5 cm³/mol. The van der Waals surface area contributed by atoms with Gasteiger partial charge < -0.3 is 20.5 Å². The molecule has 2 unspecified atom stereocenters. The van der Waals surface area contributed by atoms with Crippen LogP contribution < -0.4 is 15.8 Å². The first-order valence-electron chi connectivity index (χ1n) is 7.28. The molecule has 7 heteroatoms. The van der Waals surface area contributed by atoms with Crippen LogP contribution in [0.2, 0.25) is 0 Å². The molecule has 2 atom stereocenters. The highest BCUT2D eigenvalue weighted by atomic mass is 16.5. The van der Waals surface area contributed by atoms with E-state index in [4.69, 9.17) is 15.2 Å². The van der Waals surface area contributed by atoms with Crippen LogP contribution in [0.3, 0.4) is 0 Å². The van der Waals surface area contributed by atoms with Gasteiger partial charge in [0.2, 0.25) is 11.9 Å². The molecule has 3 N–H and O–H groups in total. The number of nitrogen functional groups attached to an aromatic ring is 1. The molecular formula is C13H21N5O2. The summed E-state index contributed by atoms with van der Waals surface area (Å²) in [5.41, 5.74) is 5.70. The number of nitrogens with two attached hydrogens (primary N) is 1. The summed E-state index contributed by atoms with van der Waals surface area (Å²) in [4.78, 5) is 12.4. The van der Waals surface area contributed by atoms with E-state index in [0.717, 1.165) is 19.4 Å². The van der Waals surface area contributed by atoms with Crippen LogP contribution in [-0.4, -0.2) is 40.3 Å². The second-order valence-electron chi connectivity index (χ2n) is 5.36. The van der Waals surface area contributed by atoms with E-state index in [1.54, 1.807) is 0 Å². The summed E-state index contributed by atoms with van der Waals surface area (Å²) in [6.07, 6.45) is 4.65. The third-order valence-electron chi connectivity index (χ3n) is 3.60. The number of hydrogen-bond donors (Lipinski definition) is 2. The van der Waals surface area contributed by atoms with Crippen LogP contribution in [0.5, 0.6) is 6.01 Å². The van der Waals surface area contributed by atoms with Crippen molar-refractivity contribution in [3.63, 3.8) is 0 Å². The second kappa shape index (κ2) is 5.78. The van der Waals surface area contributed by atoms with Crippen LogP contribution in [0.1, 0.15) is 32.6 Å². The van der Waals surface area contributed by atoms with Gasteiger partial charge in [-0.25, -0.2) is 0 Å². The van der Waals surface area contributed by atoms with Crippen molar-refractivity contribution < 1.29 is 9.47 Å². The zero-order valence-corrected chi connectivity index (χ0v) is 11.7. The third-order valence-corrected chi connectivity index (χ3v) is 3.60. The molecule has 1 aromatic rings. The molecule has 20 heavy (non-hydrogen) atoms. The van der Waals surface area contributed by atoms with Gasteiger partial charge in [0, 0.05) is 6.61 Å². The monoisotopic (exact) mass is 279 g/mol. The molecular weight excluding hydrogens is 258 g/mol. The van der Waals surface area contributed by atoms with Crippen molar-refractivity contribution in [3.8, 4) is 6.01 Å². The molecule has 2 fully saturated rings. The van der Waals surface area contributed by atoms with Gasteiger partial charge in [0.05, 0.1) is 18.8 Å². The first-order valence-corrected chi connectivity index (χ1v) is 7.28. The number of aromatic nitrogens is 3. The molecule has 0 spiro atoms. The largest absolute Gasteiger partial charge is 0.463 e. The molecule has 1 saturated heterocycles. The van der Waals surface area contributed by atoms with Gasteiger partial charge in [0.1, 0.15) is 0 Å². The zero-order chi connectivity index (χ0) is 13.9. The minimum Gasteiger partial charge on any atom is -0.463 e. The fraction of sp³-hybridized carbons (Fsp3) is 0.769. The van der Waals surface area contributed by atoms with Gasteiger partial charge in [-0.3, -0.25) is 0 Å². The molecule has 2 heterocycles. The fourth-order valence-corrected chi connectivity index (χ4v) is 2.52. The van der Waals surface area contributed by atoms with E-state index in [9.17, 15) is 0 Å². The van der Waals surface area contributed by atoms with E-state index in [-0.39, 0.29) is 24.1 Å². The van der Waals surface area contributed by atoms with Crippen molar-refractivity contribution in [2.24, 2.45) is 5.92 Å². The van der Waals surface area contributed by atoms with Crippen molar-refractivity contribution in [2.45, 2.75) is 44.8 Å². The van der Waals surface area contributed by atoms with Gasteiger partial charge in [0.25, 0.3) is 0 Å². The van der Waals surface area contributed by atoms with Crippen LogP contribution in [0.25, 0.3) is 0 Å². The van der Waals surface area contributed by atoms with Gasteiger partial charge >= 0.3 is 6.01 Å². The van der Waals surface area contributed by atoms with E-state index in [2.05, 4.69) is 20.3 Å². The average molecular weight is 279 g/mol. The molecule has 2 aliphatic rings. The standard InChI is InChI=1S/C13H21N5O2/c1-2-6-20-13-17-11(14)16-12(18-13)15-9-5-7-19-10(9)8-3-4-8/h8-10H,2-7H2,1H3,(H3,14,15,16,17,18). The third kappa shape index (κ3) is 3.09. The molecule has 110 valence electrons. The zero-order valence-electron chi connectivity index (χ0n) is 11.7. The highest BCUT2D eigenvalue weighted by Crippen LogP contribution is 2.39. The van der Waals surface area contributed by atoms with Gasteiger partial charge in [-0.2, -0.15) is 15.0 Å². The van der Waals surface area contributed by atoms with Crippen LogP contribution >= 0.6 is 0 Å². The molecule has 1 saturated carbocycles. The SMILES string of the molecule is CCCOc1nc(N)nc(NC2CCOC2C2CC2)n1. The van der Waals surface area contributed by atoms with Crippen molar-refractivity contribution in [2.75, 3.05) is 24.3 Å². The number of rotatable bonds is 6. The summed E-state index contributed by atoms with van der Waals surface area (Å²) < 4.78 is 11.2. The highest BCUT2D eigenvalue weighted by Gasteiger charge is 2.40. The topological polar surface area (TPSA) is 95.2 Å². The quantitative estimate of drug-likeness (QED) is 0.808. The Bertz CT molecular complexity index is 466. The Morgan fingerprint density at radius 2 is 2.15 bits per heavy atom. The Labute approximate surface area is 118 Å². The Kier molecular flexibility index (Phi) is 3.86.